The topological polar surface area (TPSA) is 49.4 Å². The molecule has 1 N–H and O–H groups in total. The van der Waals surface area contributed by atoms with E-state index in [-0.39, 0.29) is 25.1 Å². The normalized spacial score (nSPS) is 18.4. The summed E-state index contributed by atoms with van der Waals surface area (Å²) < 4.78 is 63.5. The largest absolute Gasteiger partial charge is 0.471 e. The Morgan fingerprint density at radius 2 is 1.91 bits per heavy atom. The van der Waals surface area contributed by atoms with Gasteiger partial charge in [0.15, 0.2) is 0 Å². The fourth-order valence-electron chi connectivity index (χ4n) is 2.25. The van der Waals surface area contributed by atoms with Gasteiger partial charge in [0.25, 0.3) is 0 Å². The zero-order valence-corrected chi connectivity index (χ0v) is 11.1. The van der Waals surface area contributed by atoms with Gasteiger partial charge in [-0.2, -0.15) is 13.2 Å². The van der Waals surface area contributed by atoms with Crippen molar-refractivity contribution in [1.29, 1.82) is 0 Å². The Kier molecular flexibility index (Phi) is 4.34. The number of amides is 2. The highest BCUT2D eigenvalue weighted by atomic mass is 19.4. The van der Waals surface area contributed by atoms with Crippen molar-refractivity contribution in [3.63, 3.8) is 0 Å². The number of halogens is 5. The van der Waals surface area contributed by atoms with Crippen molar-refractivity contribution >= 4 is 17.5 Å². The lowest BCUT2D eigenvalue weighted by Crippen LogP contribution is -2.48. The van der Waals surface area contributed by atoms with Crippen LogP contribution in [0.3, 0.4) is 0 Å². The van der Waals surface area contributed by atoms with Crippen molar-refractivity contribution in [2.75, 3.05) is 11.9 Å². The smallest absolute Gasteiger partial charge is 0.323 e. The molecule has 1 saturated heterocycles. The summed E-state index contributed by atoms with van der Waals surface area (Å²) in [7, 11) is 0. The van der Waals surface area contributed by atoms with Gasteiger partial charge in [-0.3, -0.25) is 9.59 Å². The number of nitrogens with one attached hydrogen (secondary N) is 1. The third-order valence-corrected chi connectivity index (χ3v) is 3.25. The molecule has 1 heterocycles. The number of hydrogen-bond acceptors (Lipinski definition) is 2. The van der Waals surface area contributed by atoms with Crippen molar-refractivity contribution in [1.82, 2.24) is 4.90 Å². The molecule has 120 valence electrons. The monoisotopic (exact) mass is 322 g/mol. The highest BCUT2D eigenvalue weighted by molar-refractivity contribution is 5.98. The first-order chi connectivity index (χ1) is 10.2. The minimum absolute atomic E-state index is 0.0382. The van der Waals surface area contributed by atoms with E-state index in [4.69, 9.17) is 0 Å². The van der Waals surface area contributed by atoms with Gasteiger partial charge in [0, 0.05) is 12.6 Å². The Morgan fingerprint density at radius 1 is 1.23 bits per heavy atom. The first kappa shape index (κ1) is 16.2. The molecule has 1 aliphatic heterocycles. The van der Waals surface area contributed by atoms with Crippen LogP contribution in [0.2, 0.25) is 0 Å². The highest BCUT2D eigenvalue weighted by Gasteiger charge is 2.47. The second-order valence-electron chi connectivity index (χ2n) is 4.77. The molecule has 2 amide bonds. The van der Waals surface area contributed by atoms with E-state index in [1.54, 1.807) is 0 Å². The lowest BCUT2D eigenvalue weighted by Gasteiger charge is -2.24. The fraction of sp³-hybridized carbons (Fsp3) is 0.385. The molecule has 1 aromatic carbocycles. The third kappa shape index (κ3) is 3.34. The second-order valence-corrected chi connectivity index (χ2v) is 4.77. The number of alkyl halides is 3. The predicted molar refractivity (Wildman–Crippen MR) is 65.8 cm³/mol. The number of anilines is 1. The number of carbonyl (C=O) groups is 2. The van der Waals surface area contributed by atoms with Crippen LogP contribution in [0.4, 0.5) is 27.6 Å². The zero-order valence-electron chi connectivity index (χ0n) is 11.1. The number of carbonyl (C=O) groups excluding carboxylic acids is 2. The van der Waals surface area contributed by atoms with Crippen molar-refractivity contribution in [3.8, 4) is 0 Å². The van der Waals surface area contributed by atoms with Gasteiger partial charge in [0.2, 0.25) is 5.91 Å². The van der Waals surface area contributed by atoms with Crippen LogP contribution in [0, 0.1) is 11.6 Å². The summed E-state index contributed by atoms with van der Waals surface area (Å²) in [4.78, 5) is 23.6. The number of rotatable bonds is 2. The molecule has 0 bridgehead atoms. The van der Waals surface area contributed by atoms with E-state index in [0.29, 0.717) is 11.0 Å². The standard InChI is InChI=1S/C13H11F5N2O2/c14-7-3-4-9(8(15)6-7)19-11(21)10-2-1-5-20(10)12(22)13(16,17)18/h3-4,6,10H,1-2,5H2,(H,19,21). The van der Waals surface area contributed by atoms with Crippen LogP contribution in [0.25, 0.3) is 0 Å². The van der Waals surface area contributed by atoms with E-state index in [1.165, 1.54) is 0 Å². The quantitative estimate of drug-likeness (QED) is 0.851. The van der Waals surface area contributed by atoms with Crippen LogP contribution in [0.5, 0.6) is 0 Å². The summed E-state index contributed by atoms with van der Waals surface area (Å²) in [5, 5.41) is 2.07. The molecule has 1 fully saturated rings. The number of hydrogen-bond donors (Lipinski definition) is 1. The van der Waals surface area contributed by atoms with Crippen LogP contribution in [-0.2, 0) is 9.59 Å². The maximum Gasteiger partial charge on any atom is 0.471 e. The van der Waals surface area contributed by atoms with Gasteiger partial charge < -0.3 is 10.2 Å². The Bertz CT molecular complexity index is 603. The van der Waals surface area contributed by atoms with Gasteiger partial charge in [0.1, 0.15) is 17.7 Å². The number of nitrogens with zero attached hydrogens (tertiary/aromatic N) is 1. The fourth-order valence-corrected chi connectivity index (χ4v) is 2.25. The van der Waals surface area contributed by atoms with E-state index in [2.05, 4.69) is 5.32 Å². The maximum atomic E-state index is 13.4. The van der Waals surface area contributed by atoms with Crippen molar-refractivity contribution < 1.29 is 31.5 Å². The maximum absolute atomic E-state index is 13.4. The molecule has 1 unspecified atom stereocenters. The van der Waals surface area contributed by atoms with Gasteiger partial charge in [-0.15, -0.1) is 0 Å². The van der Waals surface area contributed by atoms with Crippen LogP contribution < -0.4 is 5.32 Å². The first-order valence-electron chi connectivity index (χ1n) is 6.34. The lowest BCUT2D eigenvalue weighted by atomic mass is 10.2. The Morgan fingerprint density at radius 3 is 2.50 bits per heavy atom. The molecule has 9 heteroatoms. The second kappa shape index (κ2) is 5.90. The lowest BCUT2D eigenvalue weighted by molar-refractivity contribution is -0.186. The van der Waals surface area contributed by atoms with Gasteiger partial charge in [-0.25, -0.2) is 8.78 Å². The average Bonchev–Trinajstić information content (AvgIpc) is 2.89. The molecule has 2 rings (SSSR count). The van der Waals surface area contributed by atoms with Crippen molar-refractivity contribution in [2.45, 2.75) is 25.1 Å². The Labute approximate surface area is 121 Å². The Balaban J connectivity index is 2.13. The van der Waals surface area contributed by atoms with E-state index < -0.39 is 35.7 Å². The van der Waals surface area contributed by atoms with Crippen LogP contribution in [0.15, 0.2) is 18.2 Å². The summed E-state index contributed by atoms with van der Waals surface area (Å²) >= 11 is 0. The average molecular weight is 322 g/mol. The third-order valence-electron chi connectivity index (χ3n) is 3.25. The SMILES string of the molecule is O=C(Nc1ccc(F)cc1F)C1CCCN1C(=O)C(F)(F)F. The molecular formula is C13H11F5N2O2. The molecular weight excluding hydrogens is 311 g/mol. The summed E-state index contributed by atoms with van der Waals surface area (Å²) in [5.74, 6) is -4.96. The summed E-state index contributed by atoms with van der Waals surface area (Å²) in [5.41, 5.74) is -0.363. The Hall–Kier alpha value is -2.19. The molecule has 0 radical (unpaired) electrons. The summed E-state index contributed by atoms with van der Waals surface area (Å²) in [6.07, 6.45) is -4.81. The number of benzene rings is 1. The minimum atomic E-state index is -5.08. The summed E-state index contributed by atoms with van der Waals surface area (Å²) in [6, 6.07) is 1.04. The van der Waals surface area contributed by atoms with E-state index in [0.717, 1.165) is 12.1 Å². The van der Waals surface area contributed by atoms with Crippen LogP contribution >= 0.6 is 0 Å². The predicted octanol–water partition coefficient (Wildman–Crippen LogP) is 2.46. The first-order valence-corrected chi connectivity index (χ1v) is 6.34. The minimum Gasteiger partial charge on any atom is -0.323 e. The zero-order chi connectivity index (χ0) is 16.5. The highest BCUT2D eigenvalue weighted by Crippen LogP contribution is 2.26. The molecule has 4 nitrogen and oxygen atoms in total. The van der Waals surface area contributed by atoms with Gasteiger partial charge in [-0.05, 0) is 25.0 Å². The van der Waals surface area contributed by atoms with E-state index in [1.807, 2.05) is 0 Å². The molecule has 0 spiro atoms. The molecule has 0 aromatic heterocycles. The van der Waals surface area contributed by atoms with Gasteiger partial charge >= 0.3 is 12.1 Å². The number of likely N-dealkylation sites (tertiary alicyclic amines) is 1. The van der Waals surface area contributed by atoms with Crippen LogP contribution in [0.1, 0.15) is 12.8 Å². The summed E-state index contributed by atoms with van der Waals surface area (Å²) in [6.45, 7) is -0.206. The molecule has 1 aliphatic rings. The molecule has 22 heavy (non-hydrogen) atoms. The van der Waals surface area contributed by atoms with Gasteiger partial charge in [0.05, 0.1) is 5.69 Å². The van der Waals surface area contributed by atoms with E-state index >= 15 is 0 Å². The molecule has 1 aromatic rings. The van der Waals surface area contributed by atoms with E-state index in [9.17, 15) is 31.5 Å². The van der Waals surface area contributed by atoms with Crippen molar-refractivity contribution in [3.05, 3.63) is 29.8 Å². The van der Waals surface area contributed by atoms with Crippen molar-refractivity contribution in [2.24, 2.45) is 0 Å². The molecule has 0 aliphatic carbocycles. The molecule has 1 atom stereocenters. The molecule has 0 saturated carbocycles. The van der Waals surface area contributed by atoms with Crippen LogP contribution in [-0.4, -0.2) is 35.5 Å². The van der Waals surface area contributed by atoms with Gasteiger partial charge in [-0.1, -0.05) is 0 Å².